The number of ether oxygens (including phenoxy) is 1. The van der Waals surface area contributed by atoms with E-state index in [1.807, 2.05) is 18.2 Å². The van der Waals surface area contributed by atoms with Gasteiger partial charge in [0.05, 0.1) is 20.2 Å². The lowest BCUT2D eigenvalue weighted by Crippen LogP contribution is -2.40. The van der Waals surface area contributed by atoms with Crippen molar-refractivity contribution in [3.63, 3.8) is 0 Å². The summed E-state index contributed by atoms with van der Waals surface area (Å²) < 4.78 is 5.90. The van der Waals surface area contributed by atoms with E-state index in [0.29, 0.717) is 19.0 Å². The van der Waals surface area contributed by atoms with Gasteiger partial charge in [-0.25, -0.2) is 9.97 Å². The second-order valence-electron chi connectivity index (χ2n) is 6.96. The Kier molecular flexibility index (Phi) is 4.05. The lowest BCUT2D eigenvalue weighted by Gasteiger charge is -2.33. The Labute approximate surface area is 157 Å². The van der Waals surface area contributed by atoms with Gasteiger partial charge in [-0.15, -0.1) is 10.2 Å². The highest BCUT2D eigenvalue weighted by Gasteiger charge is 2.30. The molecule has 1 aliphatic heterocycles. The van der Waals surface area contributed by atoms with Crippen molar-refractivity contribution >= 4 is 5.82 Å². The fraction of sp³-hybridized carbons (Fsp3) is 0.421. The number of nitrogens with zero attached hydrogens (tertiary/aromatic N) is 7. The molecule has 0 bridgehead atoms. The molecule has 0 radical (unpaired) electrons. The molecule has 138 valence electrons. The number of rotatable bonds is 3. The van der Waals surface area contributed by atoms with E-state index in [2.05, 4.69) is 32.4 Å². The van der Waals surface area contributed by atoms with Crippen molar-refractivity contribution in [1.82, 2.24) is 30.2 Å². The van der Waals surface area contributed by atoms with E-state index >= 15 is 0 Å². The van der Waals surface area contributed by atoms with E-state index in [9.17, 15) is 0 Å². The number of anilines is 1. The van der Waals surface area contributed by atoms with Gasteiger partial charge in [0.2, 0.25) is 5.82 Å². The van der Waals surface area contributed by atoms with Crippen LogP contribution in [0.4, 0.5) is 5.82 Å². The Bertz CT molecular complexity index is 956. The fourth-order valence-electron chi connectivity index (χ4n) is 3.82. The van der Waals surface area contributed by atoms with Gasteiger partial charge in [0.25, 0.3) is 0 Å². The van der Waals surface area contributed by atoms with Gasteiger partial charge in [0.15, 0.2) is 5.82 Å². The van der Waals surface area contributed by atoms with E-state index in [4.69, 9.17) is 14.7 Å². The molecule has 5 rings (SSSR count). The third kappa shape index (κ3) is 3.06. The number of hydrogen-bond donors (Lipinski definition) is 0. The minimum atomic E-state index is -0.195. The molecule has 0 saturated carbocycles. The third-order valence-corrected chi connectivity index (χ3v) is 5.12. The first kappa shape index (κ1) is 16.3. The zero-order valence-corrected chi connectivity index (χ0v) is 15.2. The molecule has 3 aromatic rings. The average Bonchev–Trinajstić information content (AvgIpc) is 3.37. The summed E-state index contributed by atoms with van der Waals surface area (Å²) in [5.74, 6) is 2.46. The first-order valence-corrected chi connectivity index (χ1v) is 9.33. The number of morpholine rings is 1. The van der Waals surface area contributed by atoms with Crippen molar-refractivity contribution in [2.75, 3.05) is 24.6 Å². The lowest BCUT2D eigenvalue weighted by molar-refractivity contribution is 0.0335. The minimum absolute atomic E-state index is 0.195. The third-order valence-electron chi connectivity index (χ3n) is 5.12. The summed E-state index contributed by atoms with van der Waals surface area (Å²) >= 11 is 0. The number of benzene rings is 1. The molecule has 1 aliphatic carbocycles. The van der Waals surface area contributed by atoms with Crippen LogP contribution in [0, 0.1) is 0 Å². The average molecular weight is 363 g/mol. The summed E-state index contributed by atoms with van der Waals surface area (Å²) in [6.07, 6.45) is 2.99. The van der Waals surface area contributed by atoms with Crippen LogP contribution in [-0.4, -0.2) is 49.9 Å². The van der Waals surface area contributed by atoms with Crippen LogP contribution in [-0.2, 0) is 24.6 Å². The SMILES string of the molecule is Cn1nnc(C2CN(c3nc(-c4ccccc4)nc4c3CCC4)CCO2)n1. The predicted octanol–water partition coefficient (Wildman–Crippen LogP) is 1.73. The maximum Gasteiger partial charge on any atom is 0.205 e. The quantitative estimate of drug-likeness (QED) is 0.701. The van der Waals surface area contributed by atoms with Crippen molar-refractivity contribution in [1.29, 1.82) is 0 Å². The first-order chi connectivity index (χ1) is 13.3. The Hall–Kier alpha value is -2.87. The molecular weight excluding hydrogens is 342 g/mol. The van der Waals surface area contributed by atoms with Crippen molar-refractivity contribution < 1.29 is 4.74 Å². The molecule has 2 aliphatic rings. The zero-order valence-electron chi connectivity index (χ0n) is 15.2. The van der Waals surface area contributed by atoms with E-state index in [-0.39, 0.29) is 6.10 Å². The van der Waals surface area contributed by atoms with E-state index in [0.717, 1.165) is 43.0 Å². The normalized spacial score (nSPS) is 19.3. The van der Waals surface area contributed by atoms with Gasteiger partial charge < -0.3 is 9.64 Å². The summed E-state index contributed by atoms with van der Waals surface area (Å²) in [4.78, 5) is 13.6. The molecule has 1 fully saturated rings. The number of aryl methyl sites for hydroxylation is 2. The lowest BCUT2D eigenvalue weighted by atomic mass is 10.1. The molecule has 1 atom stereocenters. The van der Waals surface area contributed by atoms with Crippen LogP contribution in [0.3, 0.4) is 0 Å². The van der Waals surface area contributed by atoms with E-state index < -0.39 is 0 Å². The van der Waals surface area contributed by atoms with Gasteiger partial charge in [-0.1, -0.05) is 30.3 Å². The first-order valence-electron chi connectivity index (χ1n) is 9.33. The summed E-state index contributed by atoms with van der Waals surface area (Å²) in [5.41, 5.74) is 3.51. The van der Waals surface area contributed by atoms with Crippen LogP contribution in [0.2, 0.25) is 0 Å². The number of tetrazole rings is 1. The van der Waals surface area contributed by atoms with Crippen LogP contribution < -0.4 is 4.90 Å². The fourth-order valence-corrected chi connectivity index (χ4v) is 3.82. The zero-order chi connectivity index (χ0) is 18.2. The van der Waals surface area contributed by atoms with Gasteiger partial charge in [-0.2, -0.15) is 4.80 Å². The molecule has 27 heavy (non-hydrogen) atoms. The summed E-state index contributed by atoms with van der Waals surface area (Å²) in [7, 11) is 1.76. The maximum absolute atomic E-state index is 5.90. The van der Waals surface area contributed by atoms with Crippen LogP contribution >= 0.6 is 0 Å². The van der Waals surface area contributed by atoms with Crippen molar-refractivity contribution in [3.05, 3.63) is 47.4 Å². The number of hydrogen-bond acceptors (Lipinski definition) is 7. The smallest absolute Gasteiger partial charge is 0.205 e. The second-order valence-corrected chi connectivity index (χ2v) is 6.96. The molecule has 1 aromatic carbocycles. The highest BCUT2D eigenvalue weighted by Crippen LogP contribution is 2.33. The topological polar surface area (TPSA) is 81.9 Å². The number of fused-ring (bicyclic) bond motifs is 1. The summed E-state index contributed by atoms with van der Waals surface area (Å²) in [5, 5.41) is 12.4. The molecule has 0 amide bonds. The summed E-state index contributed by atoms with van der Waals surface area (Å²) in [6, 6.07) is 10.2. The second kappa shape index (κ2) is 6.70. The monoisotopic (exact) mass is 363 g/mol. The Morgan fingerprint density at radius 1 is 1.11 bits per heavy atom. The van der Waals surface area contributed by atoms with E-state index in [1.165, 1.54) is 16.1 Å². The van der Waals surface area contributed by atoms with Gasteiger partial charge in [0.1, 0.15) is 11.9 Å². The molecule has 3 heterocycles. The Morgan fingerprint density at radius 3 is 2.81 bits per heavy atom. The molecular formula is C19H21N7O. The van der Waals surface area contributed by atoms with Gasteiger partial charge >= 0.3 is 0 Å². The molecule has 1 saturated heterocycles. The predicted molar refractivity (Wildman–Crippen MR) is 99.2 cm³/mol. The molecule has 8 heteroatoms. The van der Waals surface area contributed by atoms with Gasteiger partial charge in [-0.05, 0) is 24.5 Å². The Morgan fingerprint density at radius 2 is 2.00 bits per heavy atom. The van der Waals surface area contributed by atoms with Crippen LogP contribution in [0.5, 0.6) is 0 Å². The van der Waals surface area contributed by atoms with Crippen LogP contribution in [0.25, 0.3) is 11.4 Å². The molecule has 1 unspecified atom stereocenters. The minimum Gasteiger partial charge on any atom is -0.366 e. The van der Waals surface area contributed by atoms with Crippen molar-refractivity contribution in [2.45, 2.75) is 25.4 Å². The molecule has 0 spiro atoms. The Balaban J connectivity index is 1.51. The van der Waals surface area contributed by atoms with Crippen LogP contribution in [0.15, 0.2) is 30.3 Å². The van der Waals surface area contributed by atoms with Crippen LogP contribution in [0.1, 0.15) is 29.6 Å². The largest absolute Gasteiger partial charge is 0.366 e. The van der Waals surface area contributed by atoms with Gasteiger partial charge in [0, 0.05) is 23.4 Å². The molecule has 2 aromatic heterocycles. The molecule has 8 nitrogen and oxygen atoms in total. The van der Waals surface area contributed by atoms with Crippen molar-refractivity contribution in [2.24, 2.45) is 7.05 Å². The van der Waals surface area contributed by atoms with Crippen molar-refractivity contribution in [3.8, 4) is 11.4 Å². The van der Waals surface area contributed by atoms with E-state index in [1.54, 1.807) is 7.05 Å². The highest BCUT2D eigenvalue weighted by molar-refractivity contribution is 5.61. The molecule has 0 N–H and O–H groups in total. The highest BCUT2D eigenvalue weighted by atomic mass is 16.5. The maximum atomic E-state index is 5.90. The summed E-state index contributed by atoms with van der Waals surface area (Å²) in [6.45, 7) is 2.08. The number of aromatic nitrogens is 6. The van der Waals surface area contributed by atoms with Gasteiger partial charge in [-0.3, -0.25) is 0 Å². The standard InChI is InChI=1S/C19H21N7O/c1-25-23-18(22-24-25)16-12-26(10-11-27-16)19-14-8-5-9-15(14)20-17(21-19)13-6-3-2-4-7-13/h2-4,6-7,16H,5,8-12H2,1H3.